The number of rotatable bonds is 15. The molecule has 51 heavy (non-hydrogen) atoms. The molecule has 3 rings (SSSR count). The summed E-state index contributed by atoms with van der Waals surface area (Å²) in [4.78, 5) is 35.6. The Bertz CT molecular complexity index is 1920. The summed E-state index contributed by atoms with van der Waals surface area (Å²) in [5.41, 5.74) is 7.58. The summed E-state index contributed by atoms with van der Waals surface area (Å²) in [6.07, 6.45) is 16.7. The Kier molecular flexibility index (Phi) is 13.6. The number of furan rings is 1. The third-order valence-electron chi connectivity index (χ3n) is 9.92. The Morgan fingerprint density at radius 3 is 2.33 bits per heavy atom. The summed E-state index contributed by atoms with van der Waals surface area (Å²) in [7, 11) is -3.75. The van der Waals surface area contributed by atoms with Crippen molar-refractivity contribution in [2.45, 2.75) is 125 Å². The number of allylic oxidation sites excluding steroid dienone is 7. The molecule has 7 nitrogen and oxygen atoms in total. The topological polar surface area (TPSA) is 107 Å². The van der Waals surface area contributed by atoms with E-state index in [0.717, 1.165) is 47.9 Å². The van der Waals surface area contributed by atoms with Crippen LogP contribution in [0.3, 0.4) is 0 Å². The van der Waals surface area contributed by atoms with Gasteiger partial charge in [0.1, 0.15) is 10.4 Å². The first-order valence-electron chi connectivity index (χ1n) is 18.0. The molecule has 2 aromatic heterocycles. The highest BCUT2D eigenvalue weighted by Gasteiger charge is 2.31. The molecule has 0 N–H and O–H groups in total. The Morgan fingerprint density at radius 1 is 1.12 bits per heavy atom. The number of ketones is 2. The zero-order chi connectivity index (χ0) is 38.4. The third-order valence-corrected chi connectivity index (χ3v) is 11.0. The Labute approximate surface area is 306 Å². The number of hydrogen-bond donors (Lipinski definition) is 0. The quantitative estimate of drug-likeness (QED) is 0.0454. The van der Waals surface area contributed by atoms with E-state index in [4.69, 9.17) is 9.40 Å². The van der Waals surface area contributed by atoms with E-state index in [-0.39, 0.29) is 22.2 Å². The fourth-order valence-corrected chi connectivity index (χ4v) is 6.54. The van der Waals surface area contributed by atoms with Crippen molar-refractivity contribution in [3.63, 3.8) is 0 Å². The lowest BCUT2D eigenvalue weighted by molar-refractivity contribution is -0.111. The number of pyridine rings is 1. The highest BCUT2D eigenvalue weighted by Crippen LogP contribution is 2.44. The van der Waals surface area contributed by atoms with E-state index in [2.05, 4.69) is 85.3 Å². The summed E-state index contributed by atoms with van der Waals surface area (Å²) in [6.45, 7) is 26.3. The van der Waals surface area contributed by atoms with E-state index in [0.29, 0.717) is 47.7 Å². The zero-order valence-electron chi connectivity index (χ0n) is 32.5. The number of hydrogen-bond acceptors (Lipinski definition) is 7. The van der Waals surface area contributed by atoms with Crippen LogP contribution in [-0.2, 0) is 20.0 Å². The molecule has 1 aliphatic carbocycles. The number of aliphatic imine (C=N–C) groups is 1. The van der Waals surface area contributed by atoms with Crippen LogP contribution in [0.4, 0.5) is 0 Å². The first-order chi connectivity index (χ1) is 23.6. The molecule has 0 amide bonds. The minimum absolute atomic E-state index is 0.0162. The van der Waals surface area contributed by atoms with Gasteiger partial charge in [0.15, 0.2) is 21.2 Å². The molecule has 1 aliphatic rings. The molecule has 0 radical (unpaired) electrons. The smallest absolute Gasteiger partial charge is 0.223 e. The molecular formula is C43H58N2O5S. The van der Waals surface area contributed by atoms with Crippen molar-refractivity contribution in [2.24, 2.45) is 15.8 Å². The van der Waals surface area contributed by atoms with Crippen LogP contribution in [-0.4, -0.2) is 36.9 Å². The molecule has 0 saturated heterocycles. The number of carbonyl (C=O) groups excluding carboxylic acids is 2. The van der Waals surface area contributed by atoms with E-state index in [9.17, 15) is 18.0 Å². The lowest BCUT2D eigenvalue weighted by Crippen LogP contribution is -2.21. The maximum Gasteiger partial charge on any atom is 0.223 e. The minimum Gasteiger partial charge on any atom is -0.451 e. The van der Waals surface area contributed by atoms with Gasteiger partial charge in [-0.1, -0.05) is 87.1 Å². The van der Waals surface area contributed by atoms with Crippen LogP contribution in [0, 0.1) is 10.8 Å². The van der Waals surface area contributed by atoms with Crippen LogP contribution in [0.5, 0.6) is 0 Å². The summed E-state index contributed by atoms with van der Waals surface area (Å²) in [5, 5.41) is 0. The number of unbranched alkanes of at least 4 members (excludes halogenated alkanes) is 1. The van der Waals surface area contributed by atoms with E-state index in [1.165, 1.54) is 25.1 Å². The molecule has 0 aromatic carbocycles. The molecule has 0 bridgehead atoms. The fourth-order valence-electron chi connectivity index (χ4n) is 6.08. The molecule has 0 aliphatic heterocycles. The van der Waals surface area contributed by atoms with Crippen LogP contribution in [0.25, 0.3) is 11.1 Å². The van der Waals surface area contributed by atoms with E-state index in [1.807, 2.05) is 24.3 Å². The van der Waals surface area contributed by atoms with Gasteiger partial charge in [-0.15, -0.1) is 5.73 Å². The van der Waals surface area contributed by atoms with Crippen LogP contribution in [0.2, 0.25) is 0 Å². The van der Waals surface area contributed by atoms with Gasteiger partial charge in [-0.25, -0.2) is 13.4 Å². The summed E-state index contributed by atoms with van der Waals surface area (Å²) >= 11 is 0. The van der Waals surface area contributed by atoms with Crippen molar-refractivity contribution in [3.05, 3.63) is 94.6 Å². The summed E-state index contributed by atoms with van der Waals surface area (Å²) in [5.74, 6) is -0.129. The summed E-state index contributed by atoms with van der Waals surface area (Å²) in [6, 6.07) is 4.06. The third kappa shape index (κ3) is 11.6. The molecule has 1 fully saturated rings. The van der Waals surface area contributed by atoms with Crippen LogP contribution >= 0.6 is 0 Å². The standard InChI is InChI=1S/C43H58N2O5S/c1-13-18-33(38(46)30(4)51(12,48)49)28-44-29(3)19-16-15-17-20-32(27-42(8,9)14-2)39(47)37-26-36-40(50-37)34(41(5,6)7)25-35(45-36)31-21-23-43(10,11)24-22-31/h16,18-20,25-26,28,31H,1,4,14-15,17,21-24,27H2,2-3,5-12H3/b19-16+,32-20-,33-28+,44-29+. The summed E-state index contributed by atoms with van der Waals surface area (Å²) < 4.78 is 30.0. The molecule has 1 saturated carbocycles. The van der Waals surface area contributed by atoms with Gasteiger partial charge < -0.3 is 4.42 Å². The van der Waals surface area contributed by atoms with Gasteiger partial charge in [0.25, 0.3) is 0 Å². The second-order valence-corrected chi connectivity index (χ2v) is 18.6. The Morgan fingerprint density at radius 2 is 1.76 bits per heavy atom. The largest absolute Gasteiger partial charge is 0.451 e. The number of sulfone groups is 1. The van der Waals surface area contributed by atoms with Gasteiger partial charge in [0.05, 0.1) is 0 Å². The zero-order valence-corrected chi connectivity index (χ0v) is 33.4. The van der Waals surface area contributed by atoms with Crippen molar-refractivity contribution >= 4 is 38.2 Å². The SMILES string of the molecule is C=C=C\C(=C/N=C(C)/C=C/CC/C=C(/CC(C)(C)CC)C(=O)c1cc2nc(C3CCC(C)(C)CC3)cc(C(C)(C)C)c2o1)C(=O)C(=C)S(C)(=O)=O. The molecular weight excluding hydrogens is 657 g/mol. The molecule has 0 atom stereocenters. The normalized spacial score (nSPS) is 16.8. The number of carbonyl (C=O) groups is 2. The number of fused-ring (bicyclic) bond motifs is 1. The predicted octanol–water partition coefficient (Wildman–Crippen LogP) is 10.9. The molecule has 2 heterocycles. The van der Waals surface area contributed by atoms with Gasteiger partial charge in [-0.3, -0.25) is 14.6 Å². The first kappa shape index (κ1) is 41.5. The van der Waals surface area contributed by atoms with Gasteiger partial charge in [0.2, 0.25) is 11.6 Å². The minimum atomic E-state index is -3.75. The molecule has 276 valence electrons. The average molecular weight is 715 g/mol. The van der Waals surface area contributed by atoms with Gasteiger partial charge >= 0.3 is 0 Å². The van der Waals surface area contributed by atoms with Gasteiger partial charge in [-0.05, 0) is 91.9 Å². The van der Waals surface area contributed by atoms with Crippen molar-refractivity contribution in [1.29, 1.82) is 0 Å². The number of nitrogens with zero attached hydrogens (tertiary/aromatic N) is 2. The highest BCUT2D eigenvalue weighted by molar-refractivity contribution is 7.95. The lowest BCUT2D eigenvalue weighted by Gasteiger charge is -2.34. The first-order valence-corrected chi connectivity index (χ1v) is 19.9. The maximum absolute atomic E-state index is 14.1. The average Bonchev–Trinajstić information content (AvgIpc) is 3.47. The monoisotopic (exact) mass is 714 g/mol. The molecule has 0 unspecified atom stereocenters. The van der Waals surface area contributed by atoms with Crippen molar-refractivity contribution in [3.8, 4) is 0 Å². The molecule has 0 spiro atoms. The maximum atomic E-state index is 14.1. The van der Waals surface area contributed by atoms with Crippen LogP contribution in [0.1, 0.15) is 141 Å². The van der Waals surface area contributed by atoms with Crippen LogP contribution < -0.4 is 0 Å². The van der Waals surface area contributed by atoms with Crippen molar-refractivity contribution in [2.75, 3.05) is 6.26 Å². The predicted molar refractivity (Wildman–Crippen MR) is 211 cm³/mol. The van der Waals surface area contributed by atoms with E-state index >= 15 is 0 Å². The Hall–Kier alpha value is -3.87. The van der Waals surface area contributed by atoms with Crippen molar-refractivity contribution in [1.82, 2.24) is 4.98 Å². The number of Topliss-reactive ketones (excluding diaryl/α,β-unsaturated/α-hetero) is 2. The number of aromatic nitrogens is 1. The molecule has 8 heteroatoms. The van der Waals surface area contributed by atoms with E-state index in [1.54, 1.807) is 6.92 Å². The van der Waals surface area contributed by atoms with Crippen molar-refractivity contribution < 1.29 is 22.4 Å². The van der Waals surface area contributed by atoms with Crippen LogP contribution in [0.15, 0.2) is 87.0 Å². The Balaban J connectivity index is 1.87. The second-order valence-electron chi connectivity index (χ2n) is 16.6. The second kappa shape index (κ2) is 16.6. The molecule has 2 aromatic rings. The van der Waals surface area contributed by atoms with E-state index < -0.39 is 20.5 Å². The lowest BCUT2D eigenvalue weighted by atomic mass is 9.72. The van der Waals surface area contributed by atoms with Gasteiger partial charge in [0, 0.05) is 47.0 Å². The highest BCUT2D eigenvalue weighted by atomic mass is 32.2. The van der Waals surface area contributed by atoms with Gasteiger partial charge in [-0.2, -0.15) is 0 Å². The fraction of sp³-hybridized carbons (Fsp3) is 0.512.